The van der Waals surface area contributed by atoms with Crippen LogP contribution in [0.5, 0.6) is 0 Å². The van der Waals surface area contributed by atoms with Gasteiger partial charge in [-0.2, -0.15) is 0 Å². The van der Waals surface area contributed by atoms with Gasteiger partial charge in [0.1, 0.15) is 0 Å². The molecule has 3 N–H and O–H groups in total. The molecule has 0 saturated heterocycles. The van der Waals surface area contributed by atoms with Crippen molar-refractivity contribution in [1.82, 2.24) is 4.98 Å². The molecule has 0 aliphatic heterocycles. The standard InChI is InChI=1S/C12H18N2O/c1-9-3-6-14-7-10(9)11(15)12(8-13)4-2-5-12/h3,6-7,11,15H,2,4-5,8,13H2,1H3. The second-order valence-corrected chi connectivity index (χ2v) is 4.55. The fourth-order valence-electron chi connectivity index (χ4n) is 2.31. The van der Waals surface area contributed by atoms with E-state index in [4.69, 9.17) is 5.73 Å². The largest absolute Gasteiger partial charge is 0.388 e. The Morgan fingerprint density at radius 3 is 2.80 bits per heavy atom. The first-order chi connectivity index (χ1) is 7.19. The molecule has 3 nitrogen and oxygen atoms in total. The Kier molecular flexibility index (Phi) is 2.76. The van der Waals surface area contributed by atoms with Crippen molar-refractivity contribution in [3.8, 4) is 0 Å². The second kappa shape index (κ2) is 3.91. The van der Waals surface area contributed by atoms with Crippen LogP contribution in [0.2, 0.25) is 0 Å². The Labute approximate surface area is 90.3 Å². The van der Waals surface area contributed by atoms with E-state index in [0.717, 1.165) is 24.0 Å². The molecule has 1 fully saturated rings. The van der Waals surface area contributed by atoms with Crippen LogP contribution in [0.25, 0.3) is 0 Å². The van der Waals surface area contributed by atoms with Crippen LogP contribution in [-0.2, 0) is 0 Å². The smallest absolute Gasteiger partial charge is 0.0875 e. The first kappa shape index (κ1) is 10.6. The summed E-state index contributed by atoms with van der Waals surface area (Å²) in [6.45, 7) is 2.56. The molecule has 1 aromatic rings. The molecule has 0 bridgehead atoms. The number of hydrogen-bond acceptors (Lipinski definition) is 3. The summed E-state index contributed by atoms with van der Waals surface area (Å²) >= 11 is 0. The minimum atomic E-state index is -0.454. The summed E-state index contributed by atoms with van der Waals surface area (Å²) in [5, 5.41) is 10.4. The van der Waals surface area contributed by atoms with Gasteiger partial charge in [-0.05, 0) is 31.4 Å². The maximum Gasteiger partial charge on any atom is 0.0875 e. The lowest BCUT2D eigenvalue weighted by molar-refractivity contribution is -0.0302. The molecular formula is C12H18N2O. The van der Waals surface area contributed by atoms with Crippen molar-refractivity contribution >= 4 is 0 Å². The summed E-state index contributed by atoms with van der Waals surface area (Å²) in [6.07, 6.45) is 6.29. The zero-order valence-electron chi connectivity index (χ0n) is 9.11. The summed E-state index contributed by atoms with van der Waals surface area (Å²) in [6, 6.07) is 1.93. The maximum atomic E-state index is 10.4. The average Bonchev–Trinajstić information content (AvgIpc) is 2.17. The Hall–Kier alpha value is -0.930. The predicted molar refractivity (Wildman–Crippen MR) is 59.3 cm³/mol. The van der Waals surface area contributed by atoms with Crippen LogP contribution in [0.15, 0.2) is 18.5 Å². The number of aromatic nitrogens is 1. The average molecular weight is 206 g/mol. The van der Waals surface area contributed by atoms with E-state index in [1.165, 1.54) is 6.42 Å². The molecule has 1 heterocycles. The van der Waals surface area contributed by atoms with Crippen LogP contribution in [0, 0.1) is 12.3 Å². The molecule has 2 rings (SSSR count). The van der Waals surface area contributed by atoms with Crippen molar-refractivity contribution in [1.29, 1.82) is 0 Å². The zero-order chi connectivity index (χ0) is 10.9. The van der Waals surface area contributed by atoms with Crippen LogP contribution in [0.3, 0.4) is 0 Å². The molecule has 0 radical (unpaired) electrons. The molecule has 1 aliphatic carbocycles. The van der Waals surface area contributed by atoms with Crippen molar-refractivity contribution in [2.24, 2.45) is 11.1 Å². The molecule has 82 valence electrons. The second-order valence-electron chi connectivity index (χ2n) is 4.55. The summed E-state index contributed by atoms with van der Waals surface area (Å²) in [4.78, 5) is 4.07. The topological polar surface area (TPSA) is 59.1 Å². The summed E-state index contributed by atoms with van der Waals surface area (Å²) in [7, 11) is 0. The molecule has 0 amide bonds. The third kappa shape index (κ3) is 1.66. The van der Waals surface area contributed by atoms with Gasteiger partial charge in [0.15, 0.2) is 0 Å². The van der Waals surface area contributed by atoms with Crippen LogP contribution < -0.4 is 5.73 Å². The highest BCUT2D eigenvalue weighted by molar-refractivity contribution is 5.26. The normalized spacial score (nSPS) is 20.7. The highest BCUT2D eigenvalue weighted by Crippen LogP contribution is 2.49. The van der Waals surface area contributed by atoms with E-state index in [2.05, 4.69) is 4.98 Å². The molecule has 15 heavy (non-hydrogen) atoms. The van der Waals surface area contributed by atoms with Gasteiger partial charge in [0, 0.05) is 29.9 Å². The first-order valence-electron chi connectivity index (χ1n) is 5.48. The zero-order valence-corrected chi connectivity index (χ0v) is 9.11. The van der Waals surface area contributed by atoms with Crippen molar-refractivity contribution in [3.05, 3.63) is 29.6 Å². The van der Waals surface area contributed by atoms with Crippen LogP contribution in [-0.4, -0.2) is 16.6 Å². The van der Waals surface area contributed by atoms with E-state index < -0.39 is 6.10 Å². The summed E-state index contributed by atoms with van der Waals surface area (Å²) < 4.78 is 0. The number of nitrogens with two attached hydrogens (primary N) is 1. The number of hydrogen-bond donors (Lipinski definition) is 2. The van der Waals surface area contributed by atoms with E-state index in [1.807, 2.05) is 13.0 Å². The molecule has 1 atom stereocenters. The first-order valence-corrected chi connectivity index (χ1v) is 5.48. The molecule has 1 aliphatic rings. The summed E-state index contributed by atoms with van der Waals surface area (Å²) in [5.74, 6) is 0. The Bertz CT molecular complexity index is 342. The molecule has 1 aromatic heterocycles. The van der Waals surface area contributed by atoms with Gasteiger partial charge in [0.2, 0.25) is 0 Å². The number of nitrogens with zero attached hydrogens (tertiary/aromatic N) is 1. The number of aliphatic hydroxyl groups excluding tert-OH is 1. The lowest BCUT2D eigenvalue weighted by atomic mass is 9.63. The Morgan fingerprint density at radius 1 is 1.60 bits per heavy atom. The lowest BCUT2D eigenvalue weighted by Crippen LogP contribution is -2.42. The van der Waals surface area contributed by atoms with Gasteiger partial charge in [-0.1, -0.05) is 6.42 Å². The van der Waals surface area contributed by atoms with Gasteiger partial charge in [0.25, 0.3) is 0 Å². The van der Waals surface area contributed by atoms with Gasteiger partial charge >= 0.3 is 0 Å². The summed E-state index contributed by atoms with van der Waals surface area (Å²) in [5.41, 5.74) is 7.71. The van der Waals surface area contributed by atoms with Gasteiger partial charge in [-0.3, -0.25) is 4.98 Å². The van der Waals surface area contributed by atoms with E-state index in [9.17, 15) is 5.11 Å². The molecule has 3 heteroatoms. The van der Waals surface area contributed by atoms with E-state index in [0.29, 0.717) is 6.54 Å². The van der Waals surface area contributed by atoms with Crippen molar-refractivity contribution in [3.63, 3.8) is 0 Å². The van der Waals surface area contributed by atoms with E-state index in [-0.39, 0.29) is 5.41 Å². The van der Waals surface area contributed by atoms with Crippen molar-refractivity contribution in [2.75, 3.05) is 6.54 Å². The van der Waals surface area contributed by atoms with E-state index in [1.54, 1.807) is 12.4 Å². The number of pyridine rings is 1. The van der Waals surface area contributed by atoms with Crippen LogP contribution >= 0.6 is 0 Å². The van der Waals surface area contributed by atoms with Crippen molar-refractivity contribution in [2.45, 2.75) is 32.3 Å². The lowest BCUT2D eigenvalue weighted by Gasteiger charge is -2.45. The highest BCUT2D eigenvalue weighted by atomic mass is 16.3. The van der Waals surface area contributed by atoms with Gasteiger partial charge < -0.3 is 10.8 Å². The molecule has 1 saturated carbocycles. The minimum Gasteiger partial charge on any atom is -0.388 e. The Morgan fingerprint density at radius 2 is 2.33 bits per heavy atom. The molecular weight excluding hydrogens is 188 g/mol. The molecule has 0 aromatic carbocycles. The fraction of sp³-hybridized carbons (Fsp3) is 0.583. The maximum absolute atomic E-state index is 10.4. The molecule has 1 unspecified atom stereocenters. The minimum absolute atomic E-state index is 0.0895. The highest BCUT2D eigenvalue weighted by Gasteiger charge is 2.43. The van der Waals surface area contributed by atoms with Gasteiger partial charge in [-0.25, -0.2) is 0 Å². The predicted octanol–water partition coefficient (Wildman–Crippen LogP) is 1.55. The number of aryl methyl sites for hydroxylation is 1. The van der Waals surface area contributed by atoms with Crippen LogP contribution in [0.1, 0.15) is 36.5 Å². The van der Waals surface area contributed by atoms with E-state index >= 15 is 0 Å². The quantitative estimate of drug-likeness (QED) is 0.789. The van der Waals surface area contributed by atoms with Crippen LogP contribution in [0.4, 0.5) is 0 Å². The molecule has 0 spiro atoms. The fourth-order valence-corrected chi connectivity index (χ4v) is 2.31. The van der Waals surface area contributed by atoms with Crippen molar-refractivity contribution < 1.29 is 5.11 Å². The SMILES string of the molecule is Cc1ccncc1C(O)C1(CN)CCC1. The third-order valence-electron chi connectivity index (χ3n) is 3.71. The third-order valence-corrected chi connectivity index (χ3v) is 3.71. The Balaban J connectivity index is 2.27. The number of rotatable bonds is 3. The number of aliphatic hydroxyl groups is 1. The van der Waals surface area contributed by atoms with Gasteiger partial charge in [0.05, 0.1) is 6.10 Å². The van der Waals surface area contributed by atoms with Gasteiger partial charge in [-0.15, -0.1) is 0 Å². The monoisotopic (exact) mass is 206 g/mol.